The molecular formula is C16H13N4O6PS. The third-order valence-corrected chi connectivity index (χ3v) is 5.14. The van der Waals surface area contributed by atoms with Crippen LogP contribution in [0.15, 0.2) is 40.4 Å². The predicted octanol–water partition coefficient (Wildman–Crippen LogP) is 2.75. The maximum Gasteiger partial charge on any atom is 0.471 e. The second kappa shape index (κ2) is 7.04. The summed E-state index contributed by atoms with van der Waals surface area (Å²) in [5.41, 5.74) is 1.35. The fraction of sp³-hybridized carbons (Fsp3) is 0.125. The highest BCUT2D eigenvalue weighted by molar-refractivity contribution is 7.46. The molecule has 144 valence electrons. The second-order valence-electron chi connectivity index (χ2n) is 5.79. The van der Waals surface area contributed by atoms with Crippen molar-refractivity contribution in [3.05, 3.63) is 52.2 Å². The van der Waals surface area contributed by atoms with Crippen LogP contribution in [0.4, 0.5) is 0 Å². The summed E-state index contributed by atoms with van der Waals surface area (Å²) in [4.78, 5) is 39.2. The Morgan fingerprint density at radius 2 is 2.11 bits per heavy atom. The molecular weight excluding hydrogens is 407 g/mol. The SMILES string of the molecule is Cc1noc(-c2csc(C(=O)c3cn(COP(=O)(O)O)c4ccccc34)n2)n1. The van der Waals surface area contributed by atoms with E-state index < -0.39 is 14.6 Å². The number of hydrogen-bond acceptors (Lipinski definition) is 8. The van der Waals surface area contributed by atoms with Crippen molar-refractivity contribution in [1.29, 1.82) is 0 Å². The van der Waals surface area contributed by atoms with E-state index in [2.05, 4.69) is 19.6 Å². The highest BCUT2D eigenvalue weighted by Crippen LogP contribution is 2.37. The molecule has 0 spiro atoms. The lowest BCUT2D eigenvalue weighted by atomic mass is 10.1. The smallest absolute Gasteiger partial charge is 0.332 e. The average Bonchev–Trinajstić information content (AvgIpc) is 3.37. The first-order valence-corrected chi connectivity index (χ1v) is 10.3. The zero-order chi connectivity index (χ0) is 19.9. The highest BCUT2D eigenvalue weighted by Gasteiger charge is 2.22. The molecule has 4 aromatic rings. The summed E-state index contributed by atoms with van der Waals surface area (Å²) in [6, 6.07) is 6.99. The van der Waals surface area contributed by atoms with Gasteiger partial charge in [-0.2, -0.15) is 4.98 Å². The quantitative estimate of drug-likeness (QED) is 0.356. The molecule has 1 aromatic carbocycles. The zero-order valence-corrected chi connectivity index (χ0v) is 16.1. The number of thiazole rings is 1. The molecule has 28 heavy (non-hydrogen) atoms. The fourth-order valence-electron chi connectivity index (χ4n) is 2.66. The number of para-hydroxylation sites is 1. The molecule has 4 rings (SSSR count). The van der Waals surface area contributed by atoms with Crippen LogP contribution in [0.25, 0.3) is 22.5 Å². The molecule has 0 amide bonds. The van der Waals surface area contributed by atoms with E-state index in [1.54, 1.807) is 36.6 Å². The minimum absolute atomic E-state index is 0.227. The van der Waals surface area contributed by atoms with Gasteiger partial charge in [0.2, 0.25) is 5.78 Å². The fourth-order valence-corrected chi connectivity index (χ4v) is 3.68. The minimum atomic E-state index is -4.65. The van der Waals surface area contributed by atoms with Crippen LogP contribution in [-0.2, 0) is 15.8 Å². The Labute approximate surface area is 161 Å². The monoisotopic (exact) mass is 420 g/mol. The number of fused-ring (bicyclic) bond motifs is 1. The third-order valence-electron chi connectivity index (χ3n) is 3.84. The summed E-state index contributed by atoms with van der Waals surface area (Å²) >= 11 is 1.14. The van der Waals surface area contributed by atoms with Crippen LogP contribution in [0, 0.1) is 6.92 Å². The number of nitrogens with zero attached hydrogens (tertiary/aromatic N) is 4. The summed E-state index contributed by atoms with van der Waals surface area (Å²) in [5.74, 6) is 0.355. The van der Waals surface area contributed by atoms with Crippen LogP contribution in [-0.4, -0.2) is 35.3 Å². The summed E-state index contributed by atoms with van der Waals surface area (Å²) < 4.78 is 22.1. The van der Waals surface area contributed by atoms with Gasteiger partial charge in [0.15, 0.2) is 10.8 Å². The third kappa shape index (κ3) is 3.66. The number of hydrogen-bond donors (Lipinski definition) is 2. The zero-order valence-electron chi connectivity index (χ0n) is 14.3. The molecule has 3 aromatic heterocycles. The van der Waals surface area contributed by atoms with Crippen molar-refractivity contribution in [2.45, 2.75) is 13.7 Å². The standard InChI is InChI=1S/C16H13N4O6PS/c1-9-17-15(26-19-9)12-7-28-16(18-12)14(21)11-6-20(8-25-27(22,23)24)13-5-3-2-4-10(11)13/h2-7H,8H2,1H3,(H2,22,23,24). The van der Waals surface area contributed by atoms with Crippen molar-refractivity contribution in [3.8, 4) is 11.6 Å². The molecule has 0 fully saturated rings. The maximum atomic E-state index is 13.0. The number of carbonyl (C=O) groups excluding carboxylic acids is 1. The maximum absolute atomic E-state index is 13.0. The van der Waals surface area contributed by atoms with Crippen LogP contribution in [0.1, 0.15) is 21.2 Å². The molecule has 0 saturated carbocycles. The lowest BCUT2D eigenvalue weighted by Gasteiger charge is -2.07. The largest absolute Gasteiger partial charge is 0.471 e. The second-order valence-corrected chi connectivity index (χ2v) is 7.89. The van der Waals surface area contributed by atoms with Crippen LogP contribution in [0.3, 0.4) is 0 Å². The summed E-state index contributed by atoms with van der Waals surface area (Å²) in [6.07, 6.45) is 1.49. The van der Waals surface area contributed by atoms with E-state index in [1.165, 1.54) is 10.8 Å². The number of phosphoric acid groups is 1. The summed E-state index contributed by atoms with van der Waals surface area (Å²) in [5, 5.41) is 6.20. The van der Waals surface area contributed by atoms with E-state index in [0.717, 1.165) is 11.3 Å². The van der Waals surface area contributed by atoms with Gasteiger partial charge in [-0.1, -0.05) is 23.4 Å². The number of carbonyl (C=O) groups is 1. The Kier molecular flexibility index (Phi) is 4.69. The highest BCUT2D eigenvalue weighted by atomic mass is 32.1. The average molecular weight is 420 g/mol. The number of benzene rings is 1. The van der Waals surface area contributed by atoms with Gasteiger partial charge in [0.1, 0.15) is 12.4 Å². The van der Waals surface area contributed by atoms with Gasteiger partial charge >= 0.3 is 7.82 Å². The Morgan fingerprint density at radius 1 is 1.32 bits per heavy atom. The lowest BCUT2D eigenvalue weighted by molar-refractivity contribution is 0.103. The minimum Gasteiger partial charge on any atom is -0.332 e. The van der Waals surface area contributed by atoms with Crippen molar-refractivity contribution in [1.82, 2.24) is 19.7 Å². The van der Waals surface area contributed by atoms with Crippen LogP contribution in [0.5, 0.6) is 0 Å². The molecule has 0 saturated heterocycles. The van der Waals surface area contributed by atoms with E-state index in [1.807, 2.05) is 0 Å². The Bertz CT molecular complexity index is 1220. The Balaban J connectivity index is 1.70. The van der Waals surface area contributed by atoms with Crippen LogP contribution in [0.2, 0.25) is 0 Å². The molecule has 0 aliphatic rings. The molecule has 0 aliphatic heterocycles. The topological polar surface area (TPSA) is 141 Å². The molecule has 3 heterocycles. The predicted molar refractivity (Wildman–Crippen MR) is 98.6 cm³/mol. The van der Waals surface area contributed by atoms with E-state index in [9.17, 15) is 9.36 Å². The van der Waals surface area contributed by atoms with Gasteiger partial charge in [-0.3, -0.25) is 9.32 Å². The van der Waals surface area contributed by atoms with Gasteiger partial charge < -0.3 is 18.9 Å². The van der Waals surface area contributed by atoms with Gasteiger partial charge in [-0.15, -0.1) is 11.3 Å². The molecule has 2 N–H and O–H groups in total. The molecule has 0 atom stereocenters. The van der Waals surface area contributed by atoms with E-state index in [0.29, 0.717) is 28.0 Å². The number of phosphoric ester groups is 1. The molecule has 12 heteroatoms. The van der Waals surface area contributed by atoms with Gasteiger partial charge in [0, 0.05) is 17.0 Å². The molecule has 0 unspecified atom stereocenters. The van der Waals surface area contributed by atoms with Gasteiger partial charge in [-0.05, 0) is 13.0 Å². The molecule has 0 aliphatic carbocycles. The van der Waals surface area contributed by atoms with E-state index >= 15 is 0 Å². The molecule has 10 nitrogen and oxygen atoms in total. The summed E-state index contributed by atoms with van der Waals surface area (Å²) in [7, 11) is -4.65. The van der Waals surface area contributed by atoms with Crippen molar-refractivity contribution in [2.24, 2.45) is 0 Å². The Hall–Kier alpha value is -2.69. The molecule has 0 radical (unpaired) electrons. The number of aryl methyl sites for hydroxylation is 1. The van der Waals surface area contributed by atoms with Crippen molar-refractivity contribution < 1.29 is 28.2 Å². The van der Waals surface area contributed by atoms with Crippen LogP contribution >= 0.6 is 19.2 Å². The first-order valence-electron chi connectivity index (χ1n) is 7.91. The Morgan fingerprint density at radius 3 is 2.82 bits per heavy atom. The van der Waals surface area contributed by atoms with E-state index in [-0.39, 0.29) is 16.7 Å². The number of rotatable bonds is 6. The normalized spacial score (nSPS) is 12.0. The van der Waals surface area contributed by atoms with E-state index in [4.69, 9.17) is 14.3 Å². The first-order chi connectivity index (χ1) is 13.3. The van der Waals surface area contributed by atoms with Crippen molar-refractivity contribution >= 4 is 35.8 Å². The van der Waals surface area contributed by atoms with Gasteiger partial charge in [0.05, 0.1) is 11.1 Å². The number of ketones is 1. The van der Waals surface area contributed by atoms with Crippen molar-refractivity contribution in [2.75, 3.05) is 0 Å². The molecule has 0 bridgehead atoms. The lowest BCUT2D eigenvalue weighted by Crippen LogP contribution is -2.02. The van der Waals surface area contributed by atoms with Gasteiger partial charge in [-0.25, -0.2) is 9.55 Å². The number of aromatic nitrogens is 4. The summed E-state index contributed by atoms with van der Waals surface area (Å²) in [6.45, 7) is 1.28. The van der Waals surface area contributed by atoms with Gasteiger partial charge in [0.25, 0.3) is 5.89 Å². The van der Waals surface area contributed by atoms with Crippen molar-refractivity contribution in [3.63, 3.8) is 0 Å². The first kappa shape index (κ1) is 18.7. The van der Waals surface area contributed by atoms with Crippen LogP contribution < -0.4 is 0 Å².